The fourth-order valence-electron chi connectivity index (χ4n) is 3.54. The summed E-state index contributed by atoms with van der Waals surface area (Å²) in [5, 5.41) is 5.64. The molecule has 1 aliphatic rings. The number of benzene rings is 1. The van der Waals surface area contributed by atoms with Crippen LogP contribution < -0.4 is 15.9 Å². The van der Waals surface area contributed by atoms with Gasteiger partial charge in [-0.25, -0.2) is 9.78 Å². The maximum absolute atomic E-state index is 13.0. The minimum atomic E-state index is -0.451. The number of hydrogen-bond acceptors (Lipinski definition) is 8. The number of ether oxygens (including phenoxy) is 1. The lowest BCUT2D eigenvalue weighted by molar-refractivity contribution is -0.121. The smallest absolute Gasteiger partial charge is 0.349 e. The average Bonchev–Trinajstić information content (AvgIpc) is 3.51. The van der Waals surface area contributed by atoms with E-state index >= 15 is 0 Å². The van der Waals surface area contributed by atoms with Crippen molar-refractivity contribution in [2.75, 3.05) is 31.2 Å². The first kappa shape index (κ1) is 20.8. The van der Waals surface area contributed by atoms with Crippen LogP contribution in [-0.4, -0.2) is 46.7 Å². The molecule has 0 saturated carbocycles. The van der Waals surface area contributed by atoms with Crippen molar-refractivity contribution in [1.29, 1.82) is 0 Å². The van der Waals surface area contributed by atoms with Crippen molar-refractivity contribution >= 4 is 44.1 Å². The molecule has 4 aromatic rings. The summed E-state index contributed by atoms with van der Waals surface area (Å²) in [4.78, 5) is 38.5. The van der Waals surface area contributed by atoms with Crippen LogP contribution in [0.25, 0.3) is 20.9 Å². The Morgan fingerprint density at radius 1 is 1.09 bits per heavy atom. The summed E-state index contributed by atoms with van der Waals surface area (Å²) in [7, 11) is 0. The number of amides is 1. The van der Waals surface area contributed by atoms with Gasteiger partial charge in [-0.15, -0.1) is 11.3 Å². The molecule has 1 amide bonds. The van der Waals surface area contributed by atoms with Crippen LogP contribution in [0.15, 0.2) is 52.6 Å². The number of fused-ring (bicyclic) bond motifs is 1. The van der Waals surface area contributed by atoms with E-state index in [4.69, 9.17) is 9.72 Å². The summed E-state index contributed by atoms with van der Waals surface area (Å²) in [6.07, 6.45) is 0. The molecule has 3 aromatic heterocycles. The first-order chi connectivity index (χ1) is 15.7. The summed E-state index contributed by atoms with van der Waals surface area (Å²) >= 11 is 2.93. The standard InChI is InChI=1S/C22H21N5O3S2/c28-17(23-13-15-5-2-1-3-6-15)14-27-20-19(18(24-21(27)29)16-7-4-12-31-16)25-22(32-20)26-8-10-30-11-9-26/h1-7,12H,8-11,13-14H2,(H,23,28). The minimum absolute atomic E-state index is 0.107. The normalized spacial score (nSPS) is 14.1. The maximum Gasteiger partial charge on any atom is 0.349 e. The van der Waals surface area contributed by atoms with Crippen LogP contribution in [-0.2, 0) is 22.6 Å². The van der Waals surface area contributed by atoms with E-state index in [1.807, 2.05) is 47.8 Å². The quantitative estimate of drug-likeness (QED) is 0.469. The van der Waals surface area contributed by atoms with Gasteiger partial charge in [0, 0.05) is 19.6 Å². The summed E-state index contributed by atoms with van der Waals surface area (Å²) in [6.45, 7) is 3.05. The largest absolute Gasteiger partial charge is 0.378 e. The Balaban J connectivity index is 1.49. The number of morpholine rings is 1. The van der Waals surface area contributed by atoms with E-state index < -0.39 is 5.69 Å². The highest BCUT2D eigenvalue weighted by molar-refractivity contribution is 7.22. The Kier molecular flexibility index (Phi) is 5.97. The summed E-state index contributed by atoms with van der Waals surface area (Å²) in [5.41, 5.74) is 1.76. The molecule has 1 aliphatic heterocycles. The van der Waals surface area contributed by atoms with Gasteiger partial charge in [-0.3, -0.25) is 9.36 Å². The van der Waals surface area contributed by atoms with E-state index in [0.29, 0.717) is 35.8 Å². The van der Waals surface area contributed by atoms with Gasteiger partial charge in [0.15, 0.2) is 5.13 Å². The van der Waals surface area contributed by atoms with E-state index in [1.54, 1.807) is 0 Å². The molecule has 1 fully saturated rings. The monoisotopic (exact) mass is 467 g/mol. The zero-order valence-electron chi connectivity index (χ0n) is 17.2. The van der Waals surface area contributed by atoms with E-state index in [0.717, 1.165) is 28.7 Å². The fourth-order valence-corrected chi connectivity index (χ4v) is 5.37. The zero-order valence-corrected chi connectivity index (χ0v) is 18.8. The number of nitrogens with one attached hydrogen (secondary N) is 1. The Labute approximate surface area is 192 Å². The van der Waals surface area contributed by atoms with E-state index in [9.17, 15) is 9.59 Å². The molecule has 10 heteroatoms. The van der Waals surface area contributed by atoms with Crippen LogP contribution in [0.4, 0.5) is 5.13 Å². The van der Waals surface area contributed by atoms with Crippen LogP contribution in [0.3, 0.4) is 0 Å². The van der Waals surface area contributed by atoms with Gasteiger partial charge in [-0.2, -0.15) is 4.98 Å². The van der Waals surface area contributed by atoms with Crippen LogP contribution >= 0.6 is 22.7 Å². The number of hydrogen-bond donors (Lipinski definition) is 1. The molecule has 1 aromatic carbocycles. The van der Waals surface area contributed by atoms with Crippen molar-refractivity contribution in [3.63, 3.8) is 0 Å². The second kappa shape index (κ2) is 9.19. The zero-order chi connectivity index (χ0) is 21.9. The first-order valence-corrected chi connectivity index (χ1v) is 12.0. The Hall–Kier alpha value is -3.08. The fraction of sp³-hybridized carbons (Fsp3) is 0.273. The number of thiazole rings is 1. The predicted octanol–water partition coefficient (Wildman–Crippen LogP) is 2.73. The highest BCUT2D eigenvalue weighted by Gasteiger charge is 2.22. The number of carbonyl (C=O) groups is 1. The second-order valence-corrected chi connectivity index (χ2v) is 9.22. The molecule has 0 bridgehead atoms. The number of aromatic nitrogens is 3. The number of anilines is 1. The van der Waals surface area contributed by atoms with Gasteiger partial charge in [0.1, 0.15) is 22.6 Å². The van der Waals surface area contributed by atoms with Crippen molar-refractivity contribution in [2.45, 2.75) is 13.1 Å². The van der Waals surface area contributed by atoms with Gasteiger partial charge in [-0.1, -0.05) is 47.7 Å². The van der Waals surface area contributed by atoms with Crippen LogP contribution in [0.5, 0.6) is 0 Å². The SMILES string of the molecule is O=C(Cn1c(=O)nc(-c2cccs2)c2nc(N3CCOCC3)sc21)NCc1ccccc1. The third-order valence-electron chi connectivity index (χ3n) is 5.18. The van der Waals surface area contributed by atoms with Gasteiger partial charge in [0.25, 0.3) is 0 Å². The number of carbonyl (C=O) groups excluding carboxylic acids is 1. The molecular formula is C22H21N5O3S2. The number of rotatable bonds is 6. The molecule has 164 valence electrons. The molecule has 0 spiro atoms. The lowest BCUT2D eigenvalue weighted by Gasteiger charge is -2.25. The highest BCUT2D eigenvalue weighted by Crippen LogP contribution is 2.35. The highest BCUT2D eigenvalue weighted by atomic mass is 32.1. The van der Waals surface area contributed by atoms with Gasteiger partial charge >= 0.3 is 5.69 Å². The molecule has 32 heavy (non-hydrogen) atoms. The topological polar surface area (TPSA) is 89.3 Å². The molecule has 0 atom stereocenters. The second-order valence-electron chi connectivity index (χ2n) is 7.32. The van der Waals surface area contributed by atoms with Crippen LogP contribution in [0, 0.1) is 0 Å². The maximum atomic E-state index is 13.0. The average molecular weight is 468 g/mol. The first-order valence-electron chi connectivity index (χ1n) is 10.3. The third kappa shape index (κ3) is 4.29. The summed E-state index contributed by atoms with van der Waals surface area (Å²) in [6, 6.07) is 13.5. The molecule has 4 heterocycles. The predicted molar refractivity (Wildman–Crippen MR) is 126 cm³/mol. The van der Waals surface area contributed by atoms with Crippen LogP contribution in [0.1, 0.15) is 5.56 Å². The van der Waals surface area contributed by atoms with Gasteiger partial charge < -0.3 is 15.0 Å². The molecule has 5 rings (SSSR count). The summed E-state index contributed by atoms with van der Waals surface area (Å²) in [5.74, 6) is -0.246. The van der Waals surface area contributed by atoms with Crippen molar-refractivity contribution < 1.29 is 9.53 Å². The van der Waals surface area contributed by atoms with Crippen molar-refractivity contribution in [2.24, 2.45) is 0 Å². The molecule has 0 radical (unpaired) electrons. The Morgan fingerprint density at radius 2 is 1.91 bits per heavy atom. The molecule has 0 aliphatic carbocycles. The van der Waals surface area contributed by atoms with Crippen molar-refractivity contribution in [1.82, 2.24) is 19.9 Å². The van der Waals surface area contributed by atoms with Crippen molar-refractivity contribution in [3.8, 4) is 10.6 Å². The van der Waals surface area contributed by atoms with Crippen molar-refractivity contribution in [3.05, 3.63) is 63.9 Å². The third-order valence-corrected chi connectivity index (χ3v) is 7.19. The van der Waals surface area contributed by atoms with Gasteiger partial charge in [-0.05, 0) is 17.0 Å². The number of nitrogens with zero attached hydrogens (tertiary/aromatic N) is 4. The molecular weight excluding hydrogens is 446 g/mol. The molecule has 1 N–H and O–H groups in total. The molecule has 1 saturated heterocycles. The van der Waals surface area contributed by atoms with Crippen LogP contribution in [0.2, 0.25) is 0 Å². The van der Waals surface area contributed by atoms with E-state index in [-0.39, 0.29) is 12.5 Å². The lowest BCUT2D eigenvalue weighted by atomic mass is 10.2. The molecule has 8 nitrogen and oxygen atoms in total. The Bertz CT molecular complexity index is 1280. The van der Waals surface area contributed by atoms with Gasteiger partial charge in [0.05, 0.1) is 18.1 Å². The minimum Gasteiger partial charge on any atom is -0.378 e. The van der Waals surface area contributed by atoms with Gasteiger partial charge in [0.2, 0.25) is 5.91 Å². The van der Waals surface area contributed by atoms with E-state index in [1.165, 1.54) is 27.2 Å². The number of thiophene rings is 1. The Morgan fingerprint density at radius 3 is 2.66 bits per heavy atom. The van der Waals surface area contributed by atoms with E-state index in [2.05, 4.69) is 15.2 Å². The summed E-state index contributed by atoms with van der Waals surface area (Å²) < 4.78 is 6.88. The molecule has 0 unspecified atom stereocenters. The lowest BCUT2D eigenvalue weighted by Crippen LogP contribution is -2.36.